The highest BCUT2D eigenvalue weighted by Crippen LogP contribution is 2.26. The molecule has 0 aromatic heterocycles. The average Bonchev–Trinajstić information content (AvgIpc) is 2.10. The Bertz CT molecular complexity index is 210. The fourth-order valence-electron chi connectivity index (χ4n) is 1.44. The minimum atomic E-state index is -0.512. The molecule has 1 saturated carbocycles. The van der Waals surface area contributed by atoms with Gasteiger partial charge in [0.05, 0.1) is 11.6 Å². The molecule has 82 valence electrons. The van der Waals surface area contributed by atoms with Gasteiger partial charge in [-0.05, 0) is 39.7 Å². The number of likely N-dealkylation sites (N-methyl/N-ethyl adjacent to an activating group) is 1. The third-order valence-corrected chi connectivity index (χ3v) is 2.95. The van der Waals surface area contributed by atoms with E-state index in [2.05, 4.69) is 10.6 Å². The van der Waals surface area contributed by atoms with E-state index in [1.54, 1.807) is 7.05 Å². The Morgan fingerprint density at radius 1 is 1.50 bits per heavy atom. The van der Waals surface area contributed by atoms with E-state index in [1.807, 2.05) is 13.8 Å². The van der Waals surface area contributed by atoms with Crippen LogP contribution in [0.5, 0.6) is 0 Å². The highest BCUT2D eigenvalue weighted by Gasteiger charge is 2.30. The van der Waals surface area contributed by atoms with Crippen LogP contribution in [-0.2, 0) is 4.79 Å². The molecule has 0 aromatic rings. The number of hydrogen-bond acceptors (Lipinski definition) is 3. The van der Waals surface area contributed by atoms with Crippen molar-refractivity contribution in [1.29, 1.82) is 0 Å². The summed E-state index contributed by atoms with van der Waals surface area (Å²) in [5.41, 5.74) is -0.512. The Labute approximate surface area is 85.1 Å². The van der Waals surface area contributed by atoms with Crippen molar-refractivity contribution in [3.05, 3.63) is 0 Å². The van der Waals surface area contributed by atoms with Gasteiger partial charge < -0.3 is 15.7 Å². The molecular formula is C10H20N2O2. The second-order valence-electron chi connectivity index (χ2n) is 4.58. The van der Waals surface area contributed by atoms with Crippen LogP contribution in [0.1, 0.15) is 26.7 Å². The molecule has 0 bridgehead atoms. The maximum atomic E-state index is 11.6. The van der Waals surface area contributed by atoms with Gasteiger partial charge in [0, 0.05) is 6.54 Å². The second kappa shape index (κ2) is 4.28. The first-order chi connectivity index (χ1) is 6.45. The number of rotatable bonds is 4. The Balaban J connectivity index is 2.21. The Morgan fingerprint density at radius 3 is 2.50 bits per heavy atom. The van der Waals surface area contributed by atoms with E-state index in [4.69, 9.17) is 5.11 Å². The number of aliphatic hydroxyl groups is 1. The molecule has 1 fully saturated rings. The van der Waals surface area contributed by atoms with Crippen LogP contribution in [0.25, 0.3) is 0 Å². The van der Waals surface area contributed by atoms with E-state index in [0.29, 0.717) is 12.5 Å². The highest BCUT2D eigenvalue weighted by molar-refractivity contribution is 5.85. The molecule has 14 heavy (non-hydrogen) atoms. The van der Waals surface area contributed by atoms with Gasteiger partial charge in [0.25, 0.3) is 0 Å². The Kier molecular flexibility index (Phi) is 3.50. The number of carbonyl (C=O) groups is 1. The smallest absolute Gasteiger partial charge is 0.239 e. The predicted molar refractivity (Wildman–Crippen MR) is 54.9 cm³/mol. The lowest BCUT2D eigenvalue weighted by Crippen LogP contribution is -2.52. The zero-order valence-corrected chi connectivity index (χ0v) is 9.13. The Hall–Kier alpha value is -0.610. The van der Waals surface area contributed by atoms with Crippen molar-refractivity contribution in [3.8, 4) is 0 Å². The molecule has 0 unspecified atom stereocenters. The standard InChI is InChI=1S/C10H20N2O2/c1-10(2,11-3)9(14)12-6-7-4-8(13)5-7/h7-8,11,13H,4-6H2,1-3H3,(H,12,14). The minimum absolute atomic E-state index is 0.0152. The molecule has 1 aliphatic carbocycles. The summed E-state index contributed by atoms with van der Waals surface area (Å²) in [5, 5.41) is 14.9. The van der Waals surface area contributed by atoms with Crippen molar-refractivity contribution < 1.29 is 9.90 Å². The van der Waals surface area contributed by atoms with Gasteiger partial charge in [-0.3, -0.25) is 4.79 Å². The molecule has 3 N–H and O–H groups in total. The fraction of sp³-hybridized carbons (Fsp3) is 0.900. The third kappa shape index (κ3) is 2.69. The molecule has 4 nitrogen and oxygen atoms in total. The van der Waals surface area contributed by atoms with Gasteiger partial charge in [-0.25, -0.2) is 0 Å². The molecule has 0 spiro atoms. The summed E-state index contributed by atoms with van der Waals surface area (Å²) in [7, 11) is 1.77. The summed E-state index contributed by atoms with van der Waals surface area (Å²) >= 11 is 0. The summed E-state index contributed by atoms with van der Waals surface area (Å²) in [6, 6.07) is 0. The van der Waals surface area contributed by atoms with Gasteiger partial charge in [-0.2, -0.15) is 0 Å². The summed E-state index contributed by atoms with van der Waals surface area (Å²) in [6.07, 6.45) is 1.50. The van der Waals surface area contributed by atoms with Gasteiger partial charge in [0.1, 0.15) is 0 Å². The van der Waals surface area contributed by atoms with Crippen LogP contribution in [0.3, 0.4) is 0 Å². The maximum Gasteiger partial charge on any atom is 0.239 e. The maximum absolute atomic E-state index is 11.6. The van der Waals surface area contributed by atoms with Crippen LogP contribution in [0.2, 0.25) is 0 Å². The van der Waals surface area contributed by atoms with E-state index < -0.39 is 5.54 Å². The van der Waals surface area contributed by atoms with Gasteiger partial charge in [-0.15, -0.1) is 0 Å². The van der Waals surface area contributed by atoms with Crippen molar-refractivity contribution in [3.63, 3.8) is 0 Å². The zero-order valence-electron chi connectivity index (χ0n) is 9.13. The van der Waals surface area contributed by atoms with Crippen molar-refractivity contribution in [2.24, 2.45) is 5.92 Å². The molecule has 0 radical (unpaired) electrons. The van der Waals surface area contributed by atoms with Crippen molar-refractivity contribution >= 4 is 5.91 Å². The van der Waals surface area contributed by atoms with Crippen molar-refractivity contribution in [2.75, 3.05) is 13.6 Å². The minimum Gasteiger partial charge on any atom is -0.393 e. The SMILES string of the molecule is CNC(C)(C)C(=O)NCC1CC(O)C1. The zero-order chi connectivity index (χ0) is 10.8. The first-order valence-electron chi connectivity index (χ1n) is 5.11. The lowest BCUT2D eigenvalue weighted by Gasteiger charge is -2.32. The summed E-state index contributed by atoms with van der Waals surface area (Å²) in [6.45, 7) is 4.37. The normalized spacial score (nSPS) is 26.9. The molecule has 1 amide bonds. The van der Waals surface area contributed by atoms with Crippen LogP contribution >= 0.6 is 0 Å². The number of nitrogens with one attached hydrogen (secondary N) is 2. The molecular weight excluding hydrogens is 180 g/mol. The van der Waals surface area contributed by atoms with Crippen LogP contribution in [0.15, 0.2) is 0 Å². The van der Waals surface area contributed by atoms with Crippen LogP contribution in [0, 0.1) is 5.92 Å². The van der Waals surface area contributed by atoms with Crippen molar-refractivity contribution in [1.82, 2.24) is 10.6 Å². The number of amides is 1. The summed E-state index contributed by atoms with van der Waals surface area (Å²) < 4.78 is 0. The van der Waals surface area contributed by atoms with Crippen molar-refractivity contribution in [2.45, 2.75) is 38.3 Å². The molecule has 0 saturated heterocycles. The van der Waals surface area contributed by atoms with E-state index >= 15 is 0 Å². The first-order valence-corrected chi connectivity index (χ1v) is 5.11. The lowest BCUT2D eigenvalue weighted by atomic mass is 9.82. The summed E-state index contributed by atoms with van der Waals surface area (Å²) in [4.78, 5) is 11.6. The number of carbonyl (C=O) groups excluding carboxylic acids is 1. The predicted octanol–water partition coefficient (Wildman–Crippen LogP) is -0.128. The molecule has 0 aromatic carbocycles. The van der Waals surface area contributed by atoms with Gasteiger partial charge in [-0.1, -0.05) is 0 Å². The van der Waals surface area contributed by atoms with E-state index in [9.17, 15) is 4.79 Å². The molecule has 1 aliphatic rings. The van der Waals surface area contributed by atoms with Gasteiger partial charge in [0.2, 0.25) is 5.91 Å². The van der Waals surface area contributed by atoms with E-state index in [1.165, 1.54) is 0 Å². The number of hydrogen-bond donors (Lipinski definition) is 3. The largest absolute Gasteiger partial charge is 0.393 e. The quantitative estimate of drug-likeness (QED) is 0.592. The molecule has 0 heterocycles. The van der Waals surface area contributed by atoms with Crippen LogP contribution in [-0.4, -0.2) is 36.2 Å². The first kappa shape index (κ1) is 11.5. The molecule has 0 aliphatic heterocycles. The van der Waals surface area contributed by atoms with Gasteiger partial charge >= 0.3 is 0 Å². The number of aliphatic hydroxyl groups excluding tert-OH is 1. The molecule has 4 heteroatoms. The average molecular weight is 200 g/mol. The molecule has 1 rings (SSSR count). The molecule has 0 atom stereocenters. The topological polar surface area (TPSA) is 61.4 Å². The van der Waals surface area contributed by atoms with Crippen LogP contribution in [0.4, 0.5) is 0 Å². The van der Waals surface area contributed by atoms with E-state index in [-0.39, 0.29) is 12.0 Å². The monoisotopic (exact) mass is 200 g/mol. The van der Waals surface area contributed by atoms with Gasteiger partial charge in [0.15, 0.2) is 0 Å². The third-order valence-electron chi connectivity index (χ3n) is 2.95. The van der Waals surface area contributed by atoms with E-state index in [0.717, 1.165) is 12.8 Å². The van der Waals surface area contributed by atoms with Crippen LogP contribution < -0.4 is 10.6 Å². The highest BCUT2D eigenvalue weighted by atomic mass is 16.3. The summed E-state index contributed by atoms with van der Waals surface area (Å²) in [5.74, 6) is 0.475. The fourth-order valence-corrected chi connectivity index (χ4v) is 1.44. The Morgan fingerprint density at radius 2 is 2.07 bits per heavy atom. The second-order valence-corrected chi connectivity index (χ2v) is 4.58. The lowest BCUT2D eigenvalue weighted by molar-refractivity contribution is -0.126.